The molecule has 0 saturated carbocycles. The number of carbonyl (C=O) groups excluding carboxylic acids is 1. The van der Waals surface area contributed by atoms with Gasteiger partial charge in [-0.2, -0.15) is 4.98 Å². The van der Waals surface area contributed by atoms with Crippen LogP contribution in [-0.4, -0.2) is 65.1 Å². The first-order chi connectivity index (χ1) is 15.1. The van der Waals surface area contributed by atoms with Gasteiger partial charge in [-0.3, -0.25) is 4.79 Å². The van der Waals surface area contributed by atoms with Crippen LogP contribution in [0.15, 0.2) is 42.7 Å². The number of aromatic nitrogens is 3. The van der Waals surface area contributed by atoms with Gasteiger partial charge in [-0.1, -0.05) is 0 Å². The van der Waals surface area contributed by atoms with E-state index in [4.69, 9.17) is 4.98 Å². The normalized spacial score (nSPS) is 16.7. The van der Waals surface area contributed by atoms with Crippen LogP contribution in [-0.2, 0) is 6.42 Å². The Morgan fingerprint density at radius 2 is 1.84 bits per heavy atom. The summed E-state index contributed by atoms with van der Waals surface area (Å²) < 4.78 is 2.01. The average molecular weight is 418 g/mol. The summed E-state index contributed by atoms with van der Waals surface area (Å²) in [6.07, 6.45) is 4.52. The number of piperazine rings is 1. The molecule has 1 aromatic carbocycles. The fourth-order valence-electron chi connectivity index (χ4n) is 4.20. The van der Waals surface area contributed by atoms with E-state index in [1.165, 1.54) is 5.69 Å². The van der Waals surface area contributed by atoms with Gasteiger partial charge in [-0.05, 0) is 44.3 Å². The molecule has 3 aromatic rings. The van der Waals surface area contributed by atoms with Crippen LogP contribution in [0.4, 0.5) is 17.3 Å². The van der Waals surface area contributed by atoms with Crippen LogP contribution in [0.25, 0.3) is 5.82 Å². The highest BCUT2D eigenvalue weighted by molar-refractivity contribution is 5.96. The fraction of sp³-hybridized carbons (Fsp3) is 0.348. The molecule has 31 heavy (non-hydrogen) atoms. The van der Waals surface area contributed by atoms with Crippen LogP contribution in [0.2, 0.25) is 0 Å². The third-order valence-electron chi connectivity index (χ3n) is 6.05. The largest absolute Gasteiger partial charge is 0.369 e. The Morgan fingerprint density at radius 1 is 1.06 bits per heavy atom. The SMILES string of the molecule is Cc1cnc(Nc2ccc(N3CCN(C)CC3)cc2)nc1-n1ccc2c1CCNC2=O. The predicted octanol–water partition coefficient (Wildman–Crippen LogP) is 2.36. The molecule has 1 fully saturated rings. The summed E-state index contributed by atoms with van der Waals surface area (Å²) in [6.45, 7) is 6.90. The highest BCUT2D eigenvalue weighted by atomic mass is 16.1. The smallest absolute Gasteiger partial charge is 0.253 e. The van der Waals surface area contributed by atoms with E-state index in [0.29, 0.717) is 12.5 Å². The minimum absolute atomic E-state index is 0.0227. The Hall–Kier alpha value is -3.39. The average Bonchev–Trinajstić information content (AvgIpc) is 3.22. The summed E-state index contributed by atoms with van der Waals surface area (Å²) in [5.74, 6) is 1.31. The molecule has 0 radical (unpaired) electrons. The van der Waals surface area contributed by atoms with Gasteiger partial charge >= 0.3 is 0 Å². The van der Waals surface area contributed by atoms with Crippen molar-refractivity contribution in [2.45, 2.75) is 13.3 Å². The minimum Gasteiger partial charge on any atom is -0.369 e. The Morgan fingerprint density at radius 3 is 2.61 bits per heavy atom. The molecule has 0 bridgehead atoms. The van der Waals surface area contributed by atoms with Crippen molar-refractivity contribution >= 4 is 23.2 Å². The van der Waals surface area contributed by atoms with E-state index < -0.39 is 0 Å². The summed E-state index contributed by atoms with van der Waals surface area (Å²) in [4.78, 5) is 26.1. The van der Waals surface area contributed by atoms with Gasteiger partial charge in [0, 0.05) is 74.2 Å². The van der Waals surface area contributed by atoms with E-state index in [-0.39, 0.29) is 5.91 Å². The first-order valence-corrected chi connectivity index (χ1v) is 10.7. The van der Waals surface area contributed by atoms with Crippen LogP contribution < -0.4 is 15.5 Å². The number of hydrogen-bond donors (Lipinski definition) is 2. The molecule has 8 heteroatoms. The van der Waals surface area contributed by atoms with Crippen LogP contribution in [0.1, 0.15) is 21.6 Å². The molecule has 160 valence electrons. The first-order valence-electron chi connectivity index (χ1n) is 10.7. The standard InChI is InChI=1S/C23H27N7O/c1-16-15-25-23(27-21(16)30-10-8-19-20(30)7-9-24-22(19)31)26-17-3-5-18(6-4-17)29-13-11-28(2)12-14-29/h3-6,8,10,15H,7,9,11-14H2,1-2H3,(H,24,31)(H,25,26,27). The van der Waals surface area contributed by atoms with E-state index >= 15 is 0 Å². The second kappa shape index (κ2) is 8.03. The van der Waals surface area contributed by atoms with Crippen molar-refractivity contribution in [2.24, 2.45) is 0 Å². The number of rotatable bonds is 4. The number of nitrogens with zero attached hydrogens (tertiary/aromatic N) is 5. The number of amides is 1. The molecule has 2 aliphatic rings. The lowest BCUT2D eigenvalue weighted by Gasteiger charge is -2.34. The lowest BCUT2D eigenvalue weighted by atomic mass is 10.1. The van der Waals surface area contributed by atoms with Gasteiger partial charge in [0.05, 0.1) is 5.56 Å². The van der Waals surface area contributed by atoms with Crippen molar-refractivity contribution in [1.29, 1.82) is 0 Å². The van der Waals surface area contributed by atoms with Crippen molar-refractivity contribution in [3.63, 3.8) is 0 Å². The Kier molecular flexibility index (Phi) is 5.07. The van der Waals surface area contributed by atoms with E-state index in [2.05, 4.69) is 56.7 Å². The molecule has 2 aliphatic heterocycles. The molecule has 0 spiro atoms. The predicted molar refractivity (Wildman–Crippen MR) is 122 cm³/mol. The quantitative estimate of drug-likeness (QED) is 0.679. The zero-order chi connectivity index (χ0) is 21.4. The highest BCUT2D eigenvalue weighted by Gasteiger charge is 2.22. The summed E-state index contributed by atoms with van der Waals surface area (Å²) in [5.41, 5.74) is 4.86. The molecule has 0 unspecified atom stereocenters. The van der Waals surface area contributed by atoms with E-state index in [9.17, 15) is 4.79 Å². The summed E-state index contributed by atoms with van der Waals surface area (Å²) in [7, 11) is 2.17. The number of likely N-dealkylation sites (N-methyl/N-ethyl adjacent to an activating group) is 1. The number of benzene rings is 1. The van der Waals surface area contributed by atoms with Crippen LogP contribution >= 0.6 is 0 Å². The van der Waals surface area contributed by atoms with Gasteiger partial charge < -0.3 is 25.0 Å². The van der Waals surface area contributed by atoms with Crippen molar-refractivity contribution < 1.29 is 4.79 Å². The van der Waals surface area contributed by atoms with E-state index in [0.717, 1.165) is 60.9 Å². The van der Waals surface area contributed by atoms with E-state index in [1.54, 1.807) is 0 Å². The maximum atomic E-state index is 12.1. The van der Waals surface area contributed by atoms with Crippen LogP contribution in [0.5, 0.6) is 0 Å². The Bertz CT molecular complexity index is 1100. The molecule has 0 atom stereocenters. The zero-order valence-electron chi connectivity index (χ0n) is 17.9. The molecule has 0 aliphatic carbocycles. The maximum Gasteiger partial charge on any atom is 0.253 e. The lowest BCUT2D eigenvalue weighted by molar-refractivity contribution is 0.0945. The maximum absolute atomic E-state index is 12.1. The fourth-order valence-corrected chi connectivity index (χ4v) is 4.20. The molecule has 1 saturated heterocycles. The number of nitrogens with one attached hydrogen (secondary N) is 2. The molecule has 4 heterocycles. The summed E-state index contributed by atoms with van der Waals surface area (Å²) >= 11 is 0. The highest BCUT2D eigenvalue weighted by Crippen LogP contribution is 2.24. The van der Waals surface area contributed by atoms with Crippen LogP contribution in [0.3, 0.4) is 0 Å². The minimum atomic E-state index is -0.0227. The molecule has 2 N–H and O–H groups in total. The second-order valence-corrected chi connectivity index (χ2v) is 8.21. The number of aryl methyl sites for hydroxylation is 1. The molecule has 2 aromatic heterocycles. The first kappa shape index (κ1) is 19.6. The molecular formula is C23H27N7O. The number of fused-ring (bicyclic) bond motifs is 1. The lowest BCUT2D eigenvalue weighted by Crippen LogP contribution is -2.44. The van der Waals surface area contributed by atoms with Gasteiger partial charge in [0.2, 0.25) is 5.95 Å². The third-order valence-corrected chi connectivity index (χ3v) is 6.05. The molecular weight excluding hydrogens is 390 g/mol. The van der Waals surface area contributed by atoms with E-state index in [1.807, 2.05) is 30.0 Å². The molecule has 1 amide bonds. The van der Waals surface area contributed by atoms with Gasteiger partial charge in [0.15, 0.2) is 0 Å². The number of hydrogen-bond acceptors (Lipinski definition) is 6. The summed E-state index contributed by atoms with van der Waals surface area (Å²) in [5, 5.41) is 6.21. The summed E-state index contributed by atoms with van der Waals surface area (Å²) in [6, 6.07) is 10.3. The second-order valence-electron chi connectivity index (χ2n) is 8.21. The Labute approximate surface area is 181 Å². The third kappa shape index (κ3) is 3.86. The van der Waals surface area contributed by atoms with Gasteiger partial charge in [-0.25, -0.2) is 4.98 Å². The van der Waals surface area contributed by atoms with Gasteiger partial charge in [0.1, 0.15) is 5.82 Å². The van der Waals surface area contributed by atoms with Crippen molar-refractivity contribution in [3.8, 4) is 5.82 Å². The number of carbonyl (C=O) groups is 1. The Balaban J connectivity index is 1.36. The van der Waals surface area contributed by atoms with Crippen LogP contribution in [0, 0.1) is 6.92 Å². The zero-order valence-corrected chi connectivity index (χ0v) is 17.9. The molecule has 5 rings (SSSR count). The molecule has 8 nitrogen and oxygen atoms in total. The number of anilines is 3. The van der Waals surface area contributed by atoms with Crippen molar-refractivity contribution in [1.82, 2.24) is 24.8 Å². The van der Waals surface area contributed by atoms with Gasteiger partial charge in [-0.15, -0.1) is 0 Å². The monoisotopic (exact) mass is 417 g/mol. The van der Waals surface area contributed by atoms with Gasteiger partial charge in [0.25, 0.3) is 5.91 Å². The topological polar surface area (TPSA) is 78.3 Å². The van der Waals surface area contributed by atoms with Crippen molar-refractivity contribution in [2.75, 3.05) is 50.0 Å². The van der Waals surface area contributed by atoms with Crippen molar-refractivity contribution in [3.05, 3.63) is 59.5 Å².